The molecule has 0 unspecified atom stereocenters. The largest absolute Gasteiger partial charge is 0.451 e. The van der Waals surface area contributed by atoms with E-state index in [0.29, 0.717) is 42.0 Å². The van der Waals surface area contributed by atoms with E-state index in [2.05, 4.69) is 20.5 Å². The van der Waals surface area contributed by atoms with Crippen LogP contribution in [0.4, 0.5) is 0 Å². The first-order valence-electron chi connectivity index (χ1n) is 8.14. The summed E-state index contributed by atoms with van der Waals surface area (Å²) in [5, 5.41) is 11.2. The Labute approximate surface area is 149 Å². The summed E-state index contributed by atoms with van der Waals surface area (Å²) in [7, 11) is 0. The van der Waals surface area contributed by atoms with Crippen molar-refractivity contribution in [2.45, 2.75) is 24.3 Å². The average molecular weight is 360 g/mol. The first-order valence-corrected chi connectivity index (χ1v) is 9.12. The lowest BCUT2D eigenvalue weighted by molar-refractivity contribution is 0.0918. The van der Waals surface area contributed by atoms with Gasteiger partial charge in [-0.3, -0.25) is 9.89 Å². The number of para-hydroxylation sites is 1. The van der Waals surface area contributed by atoms with Gasteiger partial charge in [-0.2, -0.15) is 5.10 Å². The number of fused-ring (bicyclic) bond motifs is 1. The Morgan fingerprint density at radius 2 is 2.28 bits per heavy atom. The van der Waals surface area contributed by atoms with E-state index in [1.165, 1.54) is 18.1 Å². The molecule has 0 aliphatic heterocycles. The van der Waals surface area contributed by atoms with Crippen molar-refractivity contribution in [1.29, 1.82) is 0 Å². The summed E-state index contributed by atoms with van der Waals surface area (Å²) < 4.78 is 11.1. The number of aromatic nitrogens is 3. The number of thioether (sulfide) groups is 1. The lowest BCUT2D eigenvalue weighted by atomic mass is 10.1. The van der Waals surface area contributed by atoms with Crippen LogP contribution < -0.4 is 5.32 Å². The molecule has 0 saturated carbocycles. The number of carbonyl (C=O) groups is 1. The Morgan fingerprint density at radius 3 is 3.08 bits per heavy atom. The zero-order chi connectivity index (χ0) is 17.5. The van der Waals surface area contributed by atoms with Gasteiger partial charge < -0.3 is 14.5 Å². The summed E-state index contributed by atoms with van der Waals surface area (Å²) in [4.78, 5) is 16.6. The molecule has 0 saturated heterocycles. The van der Waals surface area contributed by atoms with Crippen molar-refractivity contribution in [2.75, 3.05) is 19.8 Å². The molecule has 1 aromatic carbocycles. The van der Waals surface area contributed by atoms with Crippen molar-refractivity contribution in [3.63, 3.8) is 0 Å². The van der Waals surface area contributed by atoms with Gasteiger partial charge in [0, 0.05) is 36.5 Å². The van der Waals surface area contributed by atoms with Crippen molar-refractivity contribution >= 4 is 28.6 Å². The van der Waals surface area contributed by atoms with E-state index in [1.54, 1.807) is 0 Å². The minimum atomic E-state index is -0.208. The van der Waals surface area contributed by atoms with E-state index < -0.39 is 0 Å². The third-order valence-corrected chi connectivity index (χ3v) is 4.51. The van der Waals surface area contributed by atoms with Crippen LogP contribution in [0, 0.1) is 0 Å². The van der Waals surface area contributed by atoms with Gasteiger partial charge in [-0.25, -0.2) is 4.98 Å². The Balaban J connectivity index is 1.74. The van der Waals surface area contributed by atoms with E-state index in [9.17, 15) is 4.79 Å². The molecule has 0 fully saturated rings. The SMILES string of the molecule is CCOCCCNC(=O)c1oc2ccccc2c1CSc1ncn[nH]1. The van der Waals surface area contributed by atoms with Crippen LogP contribution in [-0.4, -0.2) is 40.8 Å². The maximum atomic E-state index is 12.5. The normalized spacial score (nSPS) is 11.1. The van der Waals surface area contributed by atoms with E-state index in [4.69, 9.17) is 9.15 Å². The summed E-state index contributed by atoms with van der Waals surface area (Å²) in [5.74, 6) is 0.707. The number of hydrogen-bond acceptors (Lipinski definition) is 6. The molecule has 3 aromatic rings. The van der Waals surface area contributed by atoms with E-state index in [-0.39, 0.29) is 5.91 Å². The molecule has 7 nitrogen and oxygen atoms in total. The number of benzene rings is 1. The molecule has 0 aliphatic rings. The summed E-state index contributed by atoms with van der Waals surface area (Å²) in [5.41, 5.74) is 1.56. The summed E-state index contributed by atoms with van der Waals surface area (Å²) in [6.45, 7) is 3.81. The number of ether oxygens (including phenoxy) is 1. The Bertz CT molecular complexity index is 817. The molecule has 2 heterocycles. The average Bonchev–Trinajstić information content (AvgIpc) is 3.27. The molecule has 25 heavy (non-hydrogen) atoms. The maximum absolute atomic E-state index is 12.5. The second-order valence-corrected chi connectivity index (χ2v) is 6.26. The highest BCUT2D eigenvalue weighted by atomic mass is 32.2. The molecule has 2 aromatic heterocycles. The lowest BCUT2D eigenvalue weighted by Crippen LogP contribution is -2.25. The minimum absolute atomic E-state index is 0.208. The summed E-state index contributed by atoms with van der Waals surface area (Å²) in [6, 6.07) is 7.65. The lowest BCUT2D eigenvalue weighted by Gasteiger charge is -2.05. The van der Waals surface area contributed by atoms with Crippen LogP contribution in [0.3, 0.4) is 0 Å². The number of aromatic amines is 1. The van der Waals surface area contributed by atoms with E-state index in [0.717, 1.165) is 17.4 Å². The number of nitrogens with zero attached hydrogens (tertiary/aromatic N) is 2. The van der Waals surface area contributed by atoms with Gasteiger partial charge in [0.25, 0.3) is 5.91 Å². The molecule has 132 valence electrons. The van der Waals surface area contributed by atoms with Crippen molar-refractivity contribution in [1.82, 2.24) is 20.5 Å². The standard InChI is InChI=1S/C17H20N4O3S/c1-2-23-9-5-8-18-16(22)15-13(10-25-17-19-11-20-21-17)12-6-3-4-7-14(12)24-15/h3-4,6-7,11H,2,5,8-10H2,1H3,(H,18,22)(H,19,20,21). The van der Waals surface area contributed by atoms with Crippen LogP contribution >= 0.6 is 11.8 Å². The quantitative estimate of drug-likeness (QED) is 0.450. The van der Waals surface area contributed by atoms with Gasteiger partial charge >= 0.3 is 0 Å². The second-order valence-electron chi connectivity index (χ2n) is 5.29. The summed E-state index contributed by atoms with van der Waals surface area (Å²) >= 11 is 1.48. The van der Waals surface area contributed by atoms with Gasteiger partial charge in [0.15, 0.2) is 10.9 Å². The molecule has 8 heteroatoms. The summed E-state index contributed by atoms with van der Waals surface area (Å²) in [6.07, 6.45) is 2.23. The predicted octanol–water partition coefficient (Wildman–Crippen LogP) is 3.00. The zero-order valence-electron chi connectivity index (χ0n) is 13.9. The molecule has 2 N–H and O–H groups in total. The van der Waals surface area contributed by atoms with Gasteiger partial charge in [0.1, 0.15) is 11.9 Å². The van der Waals surface area contributed by atoms with Crippen LogP contribution in [0.2, 0.25) is 0 Å². The van der Waals surface area contributed by atoms with Crippen LogP contribution in [0.1, 0.15) is 29.5 Å². The Kier molecular flexibility index (Phi) is 6.08. The fourth-order valence-corrected chi connectivity index (χ4v) is 3.24. The van der Waals surface area contributed by atoms with Crippen molar-refractivity contribution < 1.29 is 13.9 Å². The minimum Gasteiger partial charge on any atom is -0.451 e. The molecule has 0 aliphatic carbocycles. The third kappa shape index (κ3) is 4.40. The van der Waals surface area contributed by atoms with Crippen LogP contribution in [-0.2, 0) is 10.5 Å². The first-order chi connectivity index (χ1) is 12.3. The van der Waals surface area contributed by atoms with Crippen molar-refractivity contribution in [3.8, 4) is 0 Å². The molecule has 0 bridgehead atoms. The van der Waals surface area contributed by atoms with Gasteiger partial charge in [0.05, 0.1) is 0 Å². The number of rotatable bonds is 9. The van der Waals surface area contributed by atoms with Gasteiger partial charge in [-0.1, -0.05) is 30.0 Å². The van der Waals surface area contributed by atoms with E-state index in [1.807, 2.05) is 31.2 Å². The first kappa shape index (κ1) is 17.5. The highest BCUT2D eigenvalue weighted by molar-refractivity contribution is 7.98. The molecule has 3 rings (SSSR count). The fourth-order valence-electron chi connectivity index (χ4n) is 2.43. The smallest absolute Gasteiger partial charge is 0.287 e. The number of hydrogen-bond donors (Lipinski definition) is 2. The third-order valence-electron chi connectivity index (χ3n) is 3.61. The van der Waals surface area contributed by atoms with E-state index >= 15 is 0 Å². The highest BCUT2D eigenvalue weighted by Gasteiger charge is 2.20. The molecule has 0 spiro atoms. The predicted molar refractivity (Wildman–Crippen MR) is 95.6 cm³/mol. The number of carbonyl (C=O) groups excluding carboxylic acids is 1. The van der Waals surface area contributed by atoms with Crippen molar-refractivity contribution in [3.05, 3.63) is 41.9 Å². The number of furan rings is 1. The number of H-pyrrole nitrogens is 1. The zero-order valence-corrected chi connectivity index (χ0v) is 14.8. The molecule has 0 atom stereocenters. The van der Waals surface area contributed by atoms with Crippen LogP contribution in [0.5, 0.6) is 0 Å². The molecule has 0 radical (unpaired) electrons. The van der Waals surface area contributed by atoms with Crippen LogP contribution in [0.15, 0.2) is 40.2 Å². The maximum Gasteiger partial charge on any atom is 0.287 e. The molecular weight excluding hydrogens is 340 g/mol. The Hall–Kier alpha value is -2.32. The fraction of sp³-hybridized carbons (Fsp3) is 0.353. The van der Waals surface area contributed by atoms with Crippen molar-refractivity contribution in [2.24, 2.45) is 0 Å². The molecule has 1 amide bonds. The van der Waals surface area contributed by atoms with Gasteiger partial charge in [-0.05, 0) is 19.4 Å². The highest BCUT2D eigenvalue weighted by Crippen LogP contribution is 2.30. The van der Waals surface area contributed by atoms with Gasteiger partial charge in [-0.15, -0.1) is 0 Å². The topological polar surface area (TPSA) is 93.0 Å². The monoisotopic (exact) mass is 360 g/mol. The van der Waals surface area contributed by atoms with Gasteiger partial charge in [0.2, 0.25) is 0 Å². The van der Waals surface area contributed by atoms with Crippen LogP contribution in [0.25, 0.3) is 11.0 Å². The Morgan fingerprint density at radius 1 is 1.40 bits per heavy atom. The molecular formula is C17H20N4O3S. The number of nitrogens with one attached hydrogen (secondary N) is 2. The number of amides is 1. The second kappa shape index (κ2) is 8.68.